The largest absolute Gasteiger partial charge is 0.496 e. The van der Waals surface area contributed by atoms with Gasteiger partial charge in [-0.3, -0.25) is 14.4 Å². The van der Waals surface area contributed by atoms with Crippen molar-refractivity contribution in [2.24, 2.45) is 0 Å². The van der Waals surface area contributed by atoms with E-state index in [0.717, 1.165) is 5.56 Å². The van der Waals surface area contributed by atoms with E-state index in [9.17, 15) is 14.4 Å². The van der Waals surface area contributed by atoms with E-state index in [1.165, 1.54) is 10.6 Å². The normalized spacial score (nSPS) is 10.7. The minimum atomic E-state index is -0.459. The van der Waals surface area contributed by atoms with E-state index in [1.807, 2.05) is 24.3 Å². The standard InChI is InChI=1S/C23H21N5O4/c1-14-13-28-19(23(31)25-14)11-18(27-28)22(30)26-17-9-7-15(8-10-17)21(29)24-12-16-5-3-4-6-20(16)32-2/h3-11,13H,12H2,1-2H3,(H,24,29)(H,25,31)(H,26,30). The Labute approximate surface area is 183 Å². The highest BCUT2D eigenvalue weighted by Gasteiger charge is 2.14. The molecule has 0 atom stereocenters. The Kier molecular flexibility index (Phi) is 5.71. The van der Waals surface area contributed by atoms with Crippen molar-refractivity contribution in [3.05, 3.63) is 93.7 Å². The van der Waals surface area contributed by atoms with Gasteiger partial charge in [0.2, 0.25) is 0 Å². The fraction of sp³-hybridized carbons (Fsp3) is 0.130. The molecule has 3 N–H and O–H groups in total. The zero-order chi connectivity index (χ0) is 22.7. The van der Waals surface area contributed by atoms with Crippen LogP contribution in [0.3, 0.4) is 0 Å². The lowest BCUT2D eigenvalue weighted by atomic mass is 10.1. The molecule has 9 nitrogen and oxygen atoms in total. The predicted molar refractivity (Wildman–Crippen MR) is 119 cm³/mol. The van der Waals surface area contributed by atoms with Gasteiger partial charge < -0.3 is 20.4 Å². The number of ether oxygens (including phenoxy) is 1. The van der Waals surface area contributed by atoms with Crippen LogP contribution < -0.4 is 20.9 Å². The first kappa shape index (κ1) is 20.9. The molecule has 0 radical (unpaired) electrons. The third-order valence-electron chi connectivity index (χ3n) is 4.86. The highest BCUT2D eigenvalue weighted by Crippen LogP contribution is 2.17. The molecule has 0 unspecified atom stereocenters. The van der Waals surface area contributed by atoms with E-state index in [1.54, 1.807) is 44.5 Å². The van der Waals surface area contributed by atoms with Crippen molar-refractivity contribution >= 4 is 23.0 Å². The number of para-hydroxylation sites is 1. The lowest BCUT2D eigenvalue weighted by Gasteiger charge is -2.10. The number of amides is 2. The van der Waals surface area contributed by atoms with Crippen LogP contribution in [0, 0.1) is 6.92 Å². The molecule has 0 spiro atoms. The molecule has 2 heterocycles. The van der Waals surface area contributed by atoms with Gasteiger partial charge in [-0.15, -0.1) is 0 Å². The molecule has 2 amide bonds. The summed E-state index contributed by atoms with van der Waals surface area (Å²) in [7, 11) is 1.58. The van der Waals surface area contributed by atoms with E-state index in [-0.39, 0.29) is 22.7 Å². The minimum absolute atomic E-state index is 0.111. The zero-order valence-electron chi connectivity index (χ0n) is 17.5. The van der Waals surface area contributed by atoms with Crippen molar-refractivity contribution in [1.29, 1.82) is 0 Å². The van der Waals surface area contributed by atoms with Gasteiger partial charge in [-0.1, -0.05) is 18.2 Å². The maximum atomic E-state index is 12.5. The Balaban J connectivity index is 1.41. The van der Waals surface area contributed by atoms with Crippen LogP contribution in [-0.4, -0.2) is 33.5 Å². The van der Waals surface area contributed by atoms with Gasteiger partial charge in [-0.25, -0.2) is 4.52 Å². The van der Waals surface area contributed by atoms with Crippen LogP contribution in [0.15, 0.2) is 65.6 Å². The fourth-order valence-corrected chi connectivity index (χ4v) is 3.26. The first-order valence-corrected chi connectivity index (χ1v) is 9.85. The second kappa shape index (κ2) is 8.76. The molecule has 2 aromatic carbocycles. The number of nitrogens with one attached hydrogen (secondary N) is 3. The van der Waals surface area contributed by atoms with Crippen LogP contribution in [0.2, 0.25) is 0 Å². The van der Waals surface area contributed by atoms with Crippen molar-refractivity contribution < 1.29 is 14.3 Å². The number of aromatic nitrogens is 3. The highest BCUT2D eigenvalue weighted by atomic mass is 16.5. The summed E-state index contributed by atoms with van der Waals surface area (Å²) >= 11 is 0. The summed E-state index contributed by atoms with van der Waals surface area (Å²) in [6.07, 6.45) is 1.63. The Hall–Kier alpha value is -4.40. The number of aromatic amines is 1. The van der Waals surface area contributed by atoms with Gasteiger partial charge in [0.15, 0.2) is 5.69 Å². The summed E-state index contributed by atoms with van der Waals surface area (Å²) in [5.74, 6) is -0.00203. The van der Waals surface area contributed by atoms with Crippen molar-refractivity contribution in [1.82, 2.24) is 19.9 Å². The summed E-state index contributed by atoms with van der Waals surface area (Å²) in [4.78, 5) is 39.6. The van der Waals surface area contributed by atoms with Crippen LogP contribution in [0.25, 0.3) is 5.52 Å². The average molecular weight is 431 g/mol. The molecule has 0 aliphatic carbocycles. The highest BCUT2D eigenvalue weighted by molar-refractivity contribution is 6.04. The zero-order valence-corrected chi connectivity index (χ0v) is 17.5. The lowest BCUT2D eigenvalue weighted by Crippen LogP contribution is -2.23. The Morgan fingerprint density at radius 3 is 2.59 bits per heavy atom. The molecule has 0 saturated heterocycles. The van der Waals surface area contributed by atoms with Crippen LogP contribution in [0.1, 0.15) is 32.1 Å². The van der Waals surface area contributed by atoms with Crippen LogP contribution in [0.5, 0.6) is 5.75 Å². The number of nitrogens with zero attached hydrogens (tertiary/aromatic N) is 2. The number of methoxy groups -OCH3 is 1. The SMILES string of the molecule is COc1ccccc1CNC(=O)c1ccc(NC(=O)c2cc3c(=O)[nH]c(C)cn3n2)cc1. The van der Waals surface area contributed by atoms with Crippen molar-refractivity contribution in [3.63, 3.8) is 0 Å². The van der Waals surface area contributed by atoms with Crippen LogP contribution >= 0.6 is 0 Å². The monoisotopic (exact) mass is 431 g/mol. The second-order valence-electron chi connectivity index (χ2n) is 7.15. The predicted octanol–water partition coefficient (Wildman–Crippen LogP) is 2.52. The average Bonchev–Trinajstić information content (AvgIpc) is 3.23. The third-order valence-corrected chi connectivity index (χ3v) is 4.86. The summed E-state index contributed by atoms with van der Waals surface area (Å²) in [6, 6.07) is 15.4. The maximum Gasteiger partial charge on any atom is 0.276 e. The second-order valence-corrected chi connectivity index (χ2v) is 7.15. The molecule has 0 bridgehead atoms. The molecule has 0 saturated carbocycles. The number of carbonyl (C=O) groups excluding carboxylic acids is 2. The van der Waals surface area contributed by atoms with Gasteiger partial charge in [0.05, 0.1) is 7.11 Å². The first-order chi connectivity index (χ1) is 15.4. The number of carbonyl (C=O) groups is 2. The molecule has 0 aliphatic rings. The van der Waals surface area contributed by atoms with Gasteiger partial charge in [0.1, 0.15) is 11.3 Å². The molecule has 9 heteroatoms. The number of H-pyrrole nitrogens is 1. The number of benzene rings is 2. The molecule has 0 fully saturated rings. The van der Waals surface area contributed by atoms with E-state index in [4.69, 9.17) is 4.74 Å². The quantitative estimate of drug-likeness (QED) is 0.434. The molecule has 4 aromatic rings. The molecular formula is C23H21N5O4. The number of hydrogen-bond donors (Lipinski definition) is 3. The van der Waals surface area contributed by atoms with Crippen LogP contribution in [0.4, 0.5) is 5.69 Å². The Morgan fingerprint density at radius 1 is 1.09 bits per heavy atom. The molecule has 32 heavy (non-hydrogen) atoms. The van der Waals surface area contributed by atoms with Gasteiger partial charge in [0.25, 0.3) is 17.4 Å². The van der Waals surface area contributed by atoms with Gasteiger partial charge in [-0.05, 0) is 37.3 Å². The molecule has 162 valence electrons. The number of fused-ring (bicyclic) bond motifs is 1. The Bertz CT molecular complexity index is 1360. The summed E-state index contributed by atoms with van der Waals surface area (Å²) in [5, 5.41) is 9.72. The Morgan fingerprint density at radius 2 is 1.84 bits per heavy atom. The summed E-state index contributed by atoms with van der Waals surface area (Å²) in [6.45, 7) is 2.06. The van der Waals surface area contributed by atoms with E-state index < -0.39 is 5.91 Å². The van der Waals surface area contributed by atoms with Crippen molar-refractivity contribution in [2.75, 3.05) is 12.4 Å². The van der Waals surface area contributed by atoms with E-state index in [2.05, 4.69) is 20.7 Å². The number of hydrogen-bond acceptors (Lipinski definition) is 5. The van der Waals surface area contributed by atoms with Gasteiger partial charge >= 0.3 is 0 Å². The number of anilines is 1. The maximum absolute atomic E-state index is 12.5. The van der Waals surface area contributed by atoms with Gasteiger partial charge in [-0.2, -0.15) is 5.10 Å². The number of rotatable bonds is 6. The fourth-order valence-electron chi connectivity index (χ4n) is 3.26. The first-order valence-electron chi connectivity index (χ1n) is 9.85. The third kappa shape index (κ3) is 4.36. The summed E-state index contributed by atoms with van der Waals surface area (Å²) < 4.78 is 6.66. The molecule has 0 aliphatic heterocycles. The lowest BCUT2D eigenvalue weighted by molar-refractivity contribution is 0.0950. The smallest absolute Gasteiger partial charge is 0.276 e. The molecule has 2 aromatic heterocycles. The van der Waals surface area contributed by atoms with Gasteiger partial charge in [0, 0.05) is 41.3 Å². The van der Waals surface area contributed by atoms with Crippen molar-refractivity contribution in [2.45, 2.75) is 13.5 Å². The number of aryl methyl sites for hydroxylation is 1. The van der Waals surface area contributed by atoms with Crippen molar-refractivity contribution in [3.8, 4) is 5.75 Å². The molecule has 4 rings (SSSR count). The minimum Gasteiger partial charge on any atom is -0.496 e. The van der Waals surface area contributed by atoms with Crippen LogP contribution in [-0.2, 0) is 6.54 Å². The van der Waals surface area contributed by atoms with E-state index in [0.29, 0.717) is 29.2 Å². The summed E-state index contributed by atoms with van der Waals surface area (Å²) in [5.41, 5.74) is 2.53. The molecular weight excluding hydrogens is 410 g/mol. The topological polar surface area (TPSA) is 118 Å². The van der Waals surface area contributed by atoms with E-state index >= 15 is 0 Å².